The summed E-state index contributed by atoms with van der Waals surface area (Å²) in [6, 6.07) is 6.44. The predicted octanol–water partition coefficient (Wildman–Crippen LogP) is 2.52. The van der Waals surface area contributed by atoms with Crippen LogP contribution in [-0.4, -0.2) is 47.0 Å². The van der Waals surface area contributed by atoms with E-state index in [4.69, 9.17) is 5.73 Å². The Morgan fingerprint density at radius 2 is 2.00 bits per heavy atom. The number of aryl methyl sites for hydroxylation is 3. The number of benzene rings is 1. The van der Waals surface area contributed by atoms with Crippen molar-refractivity contribution in [2.45, 2.75) is 46.7 Å². The highest BCUT2D eigenvalue weighted by atomic mass is 16.2. The third-order valence-corrected chi connectivity index (χ3v) is 5.33. The zero-order valence-electron chi connectivity index (χ0n) is 16.9. The molecule has 0 aliphatic carbocycles. The molecule has 1 aliphatic heterocycles. The highest BCUT2D eigenvalue weighted by molar-refractivity contribution is 5.90. The minimum absolute atomic E-state index is 0.158. The van der Waals surface area contributed by atoms with Crippen LogP contribution >= 0.6 is 0 Å². The summed E-state index contributed by atoms with van der Waals surface area (Å²) >= 11 is 0. The van der Waals surface area contributed by atoms with Crippen LogP contribution in [0.3, 0.4) is 0 Å². The van der Waals surface area contributed by atoms with Gasteiger partial charge in [0.25, 0.3) is 5.91 Å². The molecule has 0 saturated carbocycles. The Balaban J connectivity index is 1.84. The van der Waals surface area contributed by atoms with E-state index >= 15 is 0 Å². The van der Waals surface area contributed by atoms with Gasteiger partial charge in [0.2, 0.25) is 5.82 Å². The average molecular weight is 367 g/mol. The van der Waals surface area contributed by atoms with Crippen molar-refractivity contribution in [2.75, 3.05) is 25.0 Å². The molecule has 0 unspecified atom stereocenters. The van der Waals surface area contributed by atoms with Gasteiger partial charge in [0.1, 0.15) is 5.82 Å². The number of rotatable bonds is 4. The fraction of sp³-hybridized carbons (Fsp3) is 0.476. The van der Waals surface area contributed by atoms with E-state index in [0.29, 0.717) is 6.54 Å². The maximum atomic E-state index is 13.0. The molecule has 6 nitrogen and oxygen atoms in total. The van der Waals surface area contributed by atoms with Gasteiger partial charge in [0.15, 0.2) is 0 Å². The number of hydrogen-bond acceptors (Lipinski definition) is 5. The number of carbonyl (C=O) groups is 1. The number of amides is 1. The topological polar surface area (TPSA) is 75.4 Å². The summed E-state index contributed by atoms with van der Waals surface area (Å²) in [5.74, 6) is 0.919. The second-order valence-corrected chi connectivity index (χ2v) is 7.67. The lowest BCUT2D eigenvalue weighted by Gasteiger charge is -2.22. The molecule has 2 heterocycles. The molecule has 1 amide bonds. The van der Waals surface area contributed by atoms with E-state index in [1.807, 2.05) is 13.8 Å². The molecule has 3 rings (SSSR count). The van der Waals surface area contributed by atoms with E-state index in [9.17, 15) is 4.79 Å². The predicted molar refractivity (Wildman–Crippen MR) is 108 cm³/mol. The van der Waals surface area contributed by atoms with E-state index < -0.39 is 0 Å². The van der Waals surface area contributed by atoms with Crippen LogP contribution < -0.4 is 10.6 Å². The molecule has 1 aliphatic rings. The molecule has 6 heteroatoms. The molecule has 2 aromatic rings. The van der Waals surface area contributed by atoms with Crippen LogP contribution in [0.5, 0.6) is 0 Å². The average Bonchev–Trinajstić information content (AvgIpc) is 3.05. The molecule has 1 aromatic heterocycles. The number of hydrogen-bond donors (Lipinski definition) is 1. The first-order valence-electron chi connectivity index (χ1n) is 9.43. The minimum Gasteiger partial charge on any atom is -0.355 e. The zero-order valence-corrected chi connectivity index (χ0v) is 16.9. The molecular weight excluding hydrogens is 338 g/mol. The molecule has 0 radical (unpaired) electrons. The van der Waals surface area contributed by atoms with Gasteiger partial charge in [-0.15, -0.1) is 0 Å². The molecule has 1 atom stereocenters. The molecule has 1 aromatic carbocycles. The van der Waals surface area contributed by atoms with E-state index in [0.717, 1.165) is 42.1 Å². The number of nitrogens with two attached hydrogens (primary N) is 1. The Hall–Kier alpha value is -2.47. The van der Waals surface area contributed by atoms with E-state index in [-0.39, 0.29) is 17.8 Å². The smallest absolute Gasteiger partial charge is 0.291 e. The van der Waals surface area contributed by atoms with Gasteiger partial charge < -0.3 is 15.5 Å². The largest absolute Gasteiger partial charge is 0.355 e. The number of carbonyl (C=O) groups excluding carboxylic acids is 1. The van der Waals surface area contributed by atoms with Crippen molar-refractivity contribution in [1.82, 2.24) is 14.9 Å². The Labute approximate surface area is 161 Å². The number of nitrogens with zero attached hydrogens (tertiary/aromatic N) is 4. The van der Waals surface area contributed by atoms with Crippen LogP contribution in [0.25, 0.3) is 0 Å². The van der Waals surface area contributed by atoms with Gasteiger partial charge in [-0.05, 0) is 45.2 Å². The monoisotopic (exact) mass is 367 g/mol. The summed E-state index contributed by atoms with van der Waals surface area (Å²) in [7, 11) is 1.80. The number of anilines is 1. The van der Waals surface area contributed by atoms with Crippen molar-refractivity contribution in [1.29, 1.82) is 0 Å². The second-order valence-electron chi connectivity index (χ2n) is 7.67. The Morgan fingerprint density at radius 1 is 1.26 bits per heavy atom. The summed E-state index contributed by atoms with van der Waals surface area (Å²) in [6.07, 6.45) is 0.943. The first kappa shape index (κ1) is 19.3. The maximum absolute atomic E-state index is 13.0. The van der Waals surface area contributed by atoms with Crippen LogP contribution in [-0.2, 0) is 6.54 Å². The van der Waals surface area contributed by atoms with Gasteiger partial charge in [0, 0.05) is 44.0 Å². The fourth-order valence-corrected chi connectivity index (χ4v) is 3.52. The second kappa shape index (κ2) is 7.64. The van der Waals surface area contributed by atoms with Gasteiger partial charge in [-0.2, -0.15) is 0 Å². The van der Waals surface area contributed by atoms with Crippen LogP contribution in [0.15, 0.2) is 18.2 Å². The summed E-state index contributed by atoms with van der Waals surface area (Å²) in [6.45, 7) is 10.2. The Bertz CT molecular complexity index is 864. The minimum atomic E-state index is -0.164. The van der Waals surface area contributed by atoms with Crippen LogP contribution in [0.2, 0.25) is 0 Å². The van der Waals surface area contributed by atoms with Crippen LogP contribution in [0.1, 0.15) is 45.0 Å². The Morgan fingerprint density at radius 3 is 2.63 bits per heavy atom. The van der Waals surface area contributed by atoms with Gasteiger partial charge in [0.05, 0.1) is 0 Å². The summed E-state index contributed by atoms with van der Waals surface area (Å²) in [5.41, 5.74) is 11.4. The third kappa shape index (κ3) is 4.11. The van der Waals surface area contributed by atoms with Crippen LogP contribution in [0.4, 0.5) is 5.82 Å². The normalized spacial score (nSPS) is 16.7. The molecule has 1 fully saturated rings. The van der Waals surface area contributed by atoms with Crippen molar-refractivity contribution in [3.8, 4) is 0 Å². The van der Waals surface area contributed by atoms with E-state index in [1.54, 1.807) is 11.9 Å². The third-order valence-electron chi connectivity index (χ3n) is 5.33. The van der Waals surface area contributed by atoms with E-state index in [1.165, 1.54) is 11.1 Å². The van der Waals surface area contributed by atoms with Crippen molar-refractivity contribution >= 4 is 11.7 Å². The molecular formula is C21H29N5O. The standard InChI is InChI=1S/C21H29N5O/c1-13-6-7-17(14(2)10-13)11-25(5)21(27)19-23-16(4)15(3)20(24-19)26-9-8-18(22)12-26/h6-7,10,18H,8-9,11-12,22H2,1-5H3/t18-/m1/s1. The lowest BCUT2D eigenvalue weighted by Crippen LogP contribution is -2.31. The molecule has 2 N–H and O–H groups in total. The maximum Gasteiger partial charge on any atom is 0.291 e. The van der Waals surface area contributed by atoms with Gasteiger partial charge in [-0.1, -0.05) is 23.8 Å². The molecule has 0 spiro atoms. The van der Waals surface area contributed by atoms with Crippen LogP contribution in [0, 0.1) is 27.7 Å². The lowest BCUT2D eigenvalue weighted by atomic mass is 10.1. The molecule has 144 valence electrons. The first-order valence-corrected chi connectivity index (χ1v) is 9.43. The molecule has 27 heavy (non-hydrogen) atoms. The van der Waals surface area contributed by atoms with Crippen molar-refractivity contribution in [3.05, 3.63) is 52.0 Å². The number of aromatic nitrogens is 2. The van der Waals surface area contributed by atoms with Gasteiger partial charge in [-0.3, -0.25) is 4.79 Å². The zero-order chi connectivity index (χ0) is 19.7. The summed E-state index contributed by atoms with van der Waals surface area (Å²) in [4.78, 5) is 25.9. The SMILES string of the molecule is Cc1ccc(CN(C)C(=O)c2nc(C)c(C)c(N3CC[C@@H](N)C3)n2)c(C)c1. The molecule has 1 saturated heterocycles. The highest BCUT2D eigenvalue weighted by Crippen LogP contribution is 2.24. The lowest BCUT2D eigenvalue weighted by molar-refractivity contribution is 0.0772. The molecule has 0 bridgehead atoms. The van der Waals surface area contributed by atoms with Crippen molar-refractivity contribution in [3.63, 3.8) is 0 Å². The van der Waals surface area contributed by atoms with Crippen molar-refractivity contribution < 1.29 is 4.79 Å². The van der Waals surface area contributed by atoms with Gasteiger partial charge in [-0.25, -0.2) is 9.97 Å². The van der Waals surface area contributed by atoms with E-state index in [2.05, 4.69) is 46.9 Å². The van der Waals surface area contributed by atoms with Crippen molar-refractivity contribution in [2.24, 2.45) is 5.73 Å². The summed E-state index contributed by atoms with van der Waals surface area (Å²) < 4.78 is 0. The summed E-state index contributed by atoms with van der Waals surface area (Å²) in [5, 5.41) is 0. The highest BCUT2D eigenvalue weighted by Gasteiger charge is 2.25. The quantitative estimate of drug-likeness (QED) is 0.899. The Kier molecular flexibility index (Phi) is 5.46. The van der Waals surface area contributed by atoms with Gasteiger partial charge >= 0.3 is 0 Å². The first-order chi connectivity index (χ1) is 12.8. The fourth-order valence-electron chi connectivity index (χ4n) is 3.52.